The number of urea groups is 1. The summed E-state index contributed by atoms with van der Waals surface area (Å²) in [6, 6.07) is -0.758. The molecule has 4 aliphatic heterocycles. The van der Waals surface area contributed by atoms with E-state index in [1.807, 2.05) is 22.6 Å². The lowest BCUT2D eigenvalue weighted by atomic mass is 10.1. The molecule has 2 saturated heterocycles. The van der Waals surface area contributed by atoms with E-state index >= 15 is 0 Å². The van der Waals surface area contributed by atoms with Gasteiger partial charge in [-0.2, -0.15) is 0 Å². The van der Waals surface area contributed by atoms with Crippen molar-refractivity contribution < 1.29 is 82.7 Å². The van der Waals surface area contributed by atoms with Gasteiger partial charge in [-0.3, -0.25) is 13.9 Å². The number of rotatable bonds is 8. The fraction of sp³-hybridized carbons (Fsp3) is 0.667. The molecule has 0 aromatic carbocycles. The van der Waals surface area contributed by atoms with E-state index in [1.54, 1.807) is 0 Å². The van der Waals surface area contributed by atoms with Crippen LogP contribution in [0.3, 0.4) is 0 Å². The molecule has 10 atom stereocenters. The average Bonchev–Trinajstić information content (AvgIpc) is 3.35. The number of aliphatic hydroxyl groups is 6. The van der Waals surface area contributed by atoms with Crippen molar-refractivity contribution in [3.05, 3.63) is 34.0 Å². The van der Waals surface area contributed by atoms with Crippen molar-refractivity contribution in [2.24, 2.45) is 0 Å². The summed E-state index contributed by atoms with van der Waals surface area (Å²) < 4.78 is 41.0. The Labute approximate surface area is 269 Å². The van der Waals surface area contributed by atoms with E-state index in [4.69, 9.17) is 29.0 Å². The Kier molecular flexibility index (Phi) is 14.0. The van der Waals surface area contributed by atoms with Gasteiger partial charge in [0.2, 0.25) is 0 Å². The van der Waals surface area contributed by atoms with Crippen molar-refractivity contribution in [3.8, 4) is 0 Å². The van der Waals surface area contributed by atoms with Gasteiger partial charge in [-0.25, -0.2) is 13.9 Å². The predicted octanol–water partition coefficient (Wildman–Crippen LogP) is -3.06. The Balaban J connectivity index is 0.000000307. The second-order valence-electron chi connectivity index (χ2n) is 9.71. The number of phosphoric acid groups is 2. The fourth-order valence-corrected chi connectivity index (χ4v) is 5.33. The Morgan fingerprint density at radius 2 is 1.27 bits per heavy atom. The first kappa shape index (κ1) is 39.9. The highest BCUT2D eigenvalue weighted by molar-refractivity contribution is 14.1. The largest absolute Gasteiger partial charge is 0.469 e. The molecule has 0 aromatic heterocycles. The summed E-state index contributed by atoms with van der Waals surface area (Å²) in [6.07, 6.45) is -9.85. The molecule has 21 nitrogen and oxygen atoms in total. The van der Waals surface area contributed by atoms with Gasteiger partial charge >= 0.3 is 21.7 Å². The number of amides is 2. The molecule has 12 N–H and O–H groups in total. The number of phosphoric ester groups is 2. The smallest absolute Gasteiger partial charge is 0.387 e. The summed E-state index contributed by atoms with van der Waals surface area (Å²) in [5, 5.41) is 63.7. The van der Waals surface area contributed by atoms with Crippen LogP contribution in [-0.2, 0) is 27.7 Å². The molecule has 0 bridgehead atoms. The number of hydrogen-bond donors (Lipinski definition) is 12. The van der Waals surface area contributed by atoms with Crippen molar-refractivity contribution in [1.82, 2.24) is 20.4 Å². The van der Waals surface area contributed by atoms with Gasteiger partial charge in [0.05, 0.1) is 16.8 Å². The number of carbonyl (C=O) groups excluding carboxylic acids is 1. The molecule has 2 fully saturated rings. The first-order valence-corrected chi connectivity index (χ1v) is 16.5. The summed E-state index contributed by atoms with van der Waals surface area (Å²) >= 11 is 1.88. The zero-order chi connectivity index (χ0) is 33.3. The Bertz CT molecular complexity index is 1140. The highest BCUT2D eigenvalue weighted by Crippen LogP contribution is 2.39. The second-order valence-corrected chi connectivity index (χ2v) is 13.4. The standard InChI is InChI=1S/C10H16IN2O8P.C10H17N2O9P.CH4/c1-4-12-9(16)5(11)2-13(4)10-8(15)7(14)6(21-10)3-20-22(17,18)19;1-4-2-12(10(16)11-8(4)15)9-7(14)6(13)5(21-9)3-20-22(17,18)19;/h2,6-10,12,14-16H,1,3H2,(H2,17,18,19);2,5-9,13-15H,3H2,1H3,(H,11,16)(H2,17,18,19);1H4/t6-,7-,8-,9?,10-;5-,6-,7-,8?,9-;/m11./s1. The summed E-state index contributed by atoms with van der Waals surface area (Å²) in [6.45, 7) is 3.95. The Hall–Kier alpha value is -1.28. The monoisotopic (exact) mass is 806 g/mol. The van der Waals surface area contributed by atoms with E-state index in [1.165, 1.54) is 24.2 Å². The molecule has 2 unspecified atom stereocenters. The molecule has 24 heteroatoms. The molecule has 0 saturated carbocycles. The maximum atomic E-state index is 11.8. The number of nitrogens with one attached hydrogen (secondary N) is 2. The van der Waals surface area contributed by atoms with Gasteiger partial charge in [0, 0.05) is 12.4 Å². The van der Waals surface area contributed by atoms with Gasteiger partial charge in [-0.15, -0.1) is 0 Å². The Morgan fingerprint density at radius 1 is 0.822 bits per heavy atom. The maximum Gasteiger partial charge on any atom is 0.469 e. The van der Waals surface area contributed by atoms with E-state index in [0.29, 0.717) is 9.15 Å². The molecular weight excluding hydrogens is 769 g/mol. The third-order valence-corrected chi connectivity index (χ3v) is 8.28. The number of nitrogens with zero attached hydrogens (tertiary/aromatic N) is 2. The zero-order valence-electron chi connectivity index (χ0n) is 22.5. The van der Waals surface area contributed by atoms with Crippen LogP contribution in [0.15, 0.2) is 34.0 Å². The van der Waals surface area contributed by atoms with Crippen LogP contribution in [0, 0.1) is 0 Å². The summed E-state index contributed by atoms with van der Waals surface area (Å²) in [5.74, 6) is 0.237. The summed E-state index contributed by atoms with van der Waals surface area (Å²) in [5.41, 5.74) is 0.375. The van der Waals surface area contributed by atoms with E-state index < -0.39 is 96.4 Å². The zero-order valence-corrected chi connectivity index (χ0v) is 26.5. The number of carbonyl (C=O) groups is 1. The highest BCUT2D eigenvalue weighted by Gasteiger charge is 2.49. The van der Waals surface area contributed by atoms with Crippen LogP contribution in [0.2, 0.25) is 0 Å². The van der Waals surface area contributed by atoms with Crippen molar-refractivity contribution >= 4 is 44.3 Å². The maximum absolute atomic E-state index is 11.8. The second kappa shape index (κ2) is 15.7. The van der Waals surface area contributed by atoms with Crippen LogP contribution in [0.1, 0.15) is 14.4 Å². The van der Waals surface area contributed by atoms with Crippen LogP contribution in [0.25, 0.3) is 0 Å². The van der Waals surface area contributed by atoms with Gasteiger partial charge in [-0.1, -0.05) is 14.0 Å². The number of aliphatic hydroxyl groups excluding tert-OH is 6. The lowest BCUT2D eigenvalue weighted by Crippen LogP contribution is -2.54. The van der Waals surface area contributed by atoms with E-state index in [2.05, 4.69) is 26.3 Å². The van der Waals surface area contributed by atoms with Crippen LogP contribution in [0.4, 0.5) is 4.79 Å². The van der Waals surface area contributed by atoms with Crippen molar-refractivity contribution in [3.63, 3.8) is 0 Å². The molecule has 4 heterocycles. The quantitative estimate of drug-likeness (QED) is 0.0856. The number of hydrogen-bond acceptors (Lipinski definition) is 15. The van der Waals surface area contributed by atoms with Crippen LogP contribution >= 0.6 is 38.2 Å². The van der Waals surface area contributed by atoms with Crippen molar-refractivity contribution in [2.45, 2.75) is 75.9 Å². The van der Waals surface area contributed by atoms with Crippen LogP contribution in [0.5, 0.6) is 0 Å². The van der Waals surface area contributed by atoms with Crippen molar-refractivity contribution in [2.75, 3.05) is 13.2 Å². The molecule has 45 heavy (non-hydrogen) atoms. The lowest BCUT2D eigenvalue weighted by molar-refractivity contribution is -0.0738. The lowest BCUT2D eigenvalue weighted by Gasteiger charge is -2.36. The molecule has 0 radical (unpaired) electrons. The molecule has 0 spiro atoms. The molecular formula is C21H37IN4O17P2. The van der Waals surface area contributed by atoms with Crippen molar-refractivity contribution in [1.29, 1.82) is 0 Å². The first-order valence-electron chi connectivity index (χ1n) is 12.4. The van der Waals surface area contributed by atoms with Gasteiger partial charge in [0.15, 0.2) is 24.9 Å². The molecule has 2 amide bonds. The average molecular weight is 806 g/mol. The predicted molar refractivity (Wildman–Crippen MR) is 156 cm³/mol. The SMILES string of the molecule is C.C=C1NC(O)C(I)=CN1[C@@H]1O[C@H](COP(=O)(O)O)[C@@H](O)[C@H]1O.CC1=CN([C@@H]2O[C@H](COP(=O)(O)O)[C@@H](O)[C@H]2O)C(=O)NC1O. The molecule has 4 aliphatic rings. The summed E-state index contributed by atoms with van der Waals surface area (Å²) in [4.78, 5) is 48.7. The topological polar surface area (TPSA) is 321 Å². The van der Waals surface area contributed by atoms with Gasteiger partial charge < -0.3 is 75.2 Å². The molecule has 0 aliphatic carbocycles. The number of halogens is 1. The molecule has 0 aromatic rings. The van der Waals surface area contributed by atoms with Crippen LogP contribution in [-0.4, -0.2) is 141 Å². The highest BCUT2D eigenvalue weighted by atomic mass is 127. The number of ether oxygens (including phenoxy) is 2. The molecule has 260 valence electrons. The third-order valence-electron chi connectivity index (χ3n) is 6.44. The van der Waals surface area contributed by atoms with E-state index in [0.717, 1.165) is 4.90 Å². The minimum absolute atomic E-state index is 0. The molecule has 4 rings (SSSR count). The minimum Gasteiger partial charge on any atom is -0.387 e. The minimum atomic E-state index is -4.76. The van der Waals surface area contributed by atoms with E-state index in [-0.39, 0.29) is 13.2 Å². The third kappa shape index (κ3) is 10.4. The van der Waals surface area contributed by atoms with Gasteiger partial charge in [0.25, 0.3) is 0 Å². The first-order chi connectivity index (χ1) is 20.2. The van der Waals surface area contributed by atoms with Crippen LogP contribution < -0.4 is 10.6 Å². The fourth-order valence-electron chi connectivity index (χ4n) is 4.19. The normalized spacial score (nSPS) is 35.5. The van der Waals surface area contributed by atoms with Gasteiger partial charge in [-0.05, 0) is 35.1 Å². The summed E-state index contributed by atoms with van der Waals surface area (Å²) in [7, 11) is -9.47. The van der Waals surface area contributed by atoms with E-state index in [9.17, 15) is 44.6 Å². The van der Waals surface area contributed by atoms with Gasteiger partial charge in [0.1, 0.15) is 42.4 Å². The Morgan fingerprint density at radius 3 is 1.71 bits per heavy atom.